The third-order valence-electron chi connectivity index (χ3n) is 8.36. The number of ketones is 2. The van der Waals surface area contributed by atoms with Crippen molar-refractivity contribution < 1.29 is 9.59 Å². The summed E-state index contributed by atoms with van der Waals surface area (Å²) in [6.45, 7) is 9.28. The third-order valence-corrected chi connectivity index (χ3v) is 8.36. The smallest absolute Gasteiger partial charge is 0.155 e. The van der Waals surface area contributed by atoms with Gasteiger partial charge in [-0.05, 0) is 36.8 Å². The molecule has 0 spiro atoms. The first kappa shape index (κ1) is 39.1. The maximum atomic E-state index is 12.1. The lowest BCUT2D eigenvalue weighted by Gasteiger charge is -2.05. The average molecular weight is 561 g/mol. The van der Waals surface area contributed by atoms with E-state index in [1.807, 2.05) is 0 Å². The summed E-state index contributed by atoms with van der Waals surface area (Å²) >= 11 is 0. The molecule has 0 radical (unpaired) electrons. The number of carbonyl (C=O) groups excluding carboxylic acids is 2. The van der Waals surface area contributed by atoms with E-state index in [9.17, 15) is 9.59 Å². The first-order chi connectivity index (χ1) is 19.4. The summed E-state index contributed by atoms with van der Waals surface area (Å²) in [7, 11) is 0. The van der Waals surface area contributed by atoms with E-state index in [-0.39, 0.29) is 11.6 Å². The maximum Gasteiger partial charge on any atom is 0.155 e. The normalized spacial score (nSPS) is 11.8. The van der Waals surface area contributed by atoms with Crippen molar-refractivity contribution in [3.05, 3.63) is 12.2 Å². The zero-order valence-electron chi connectivity index (χ0n) is 27.9. The van der Waals surface area contributed by atoms with Crippen LogP contribution in [0.4, 0.5) is 0 Å². The van der Waals surface area contributed by atoms with Gasteiger partial charge in [0.05, 0.1) is 0 Å². The van der Waals surface area contributed by atoms with Gasteiger partial charge in [0.2, 0.25) is 0 Å². The predicted molar refractivity (Wildman–Crippen MR) is 178 cm³/mol. The van der Waals surface area contributed by atoms with E-state index in [4.69, 9.17) is 0 Å². The van der Waals surface area contributed by atoms with Crippen LogP contribution in [0.15, 0.2) is 12.2 Å². The molecule has 0 aromatic rings. The van der Waals surface area contributed by atoms with Crippen LogP contribution in [0.25, 0.3) is 0 Å². The lowest BCUT2D eigenvalue weighted by molar-refractivity contribution is -0.116. The number of hydrogen-bond acceptors (Lipinski definition) is 2. The van der Waals surface area contributed by atoms with Gasteiger partial charge in [0.25, 0.3) is 0 Å². The molecular formula is C38H72O2. The van der Waals surface area contributed by atoms with Crippen molar-refractivity contribution in [3.8, 4) is 0 Å². The van der Waals surface area contributed by atoms with Crippen molar-refractivity contribution in [1.82, 2.24) is 0 Å². The first-order valence-electron chi connectivity index (χ1n) is 18.2. The summed E-state index contributed by atoms with van der Waals surface area (Å²) in [6, 6.07) is 0. The summed E-state index contributed by atoms with van der Waals surface area (Å²) in [5.74, 6) is 1.96. The molecule has 0 rings (SSSR count). The second-order valence-electron chi connectivity index (χ2n) is 13.6. The molecule has 0 aromatic heterocycles. The fourth-order valence-electron chi connectivity index (χ4n) is 5.59. The van der Waals surface area contributed by atoms with Crippen LogP contribution in [0.5, 0.6) is 0 Å². The van der Waals surface area contributed by atoms with Gasteiger partial charge in [0.1, 0.15) is 0 Å². The van der Waals surface area contributed by atoms with Crippen molar-refractivity contribution in [2.45, 2.75) is 207 Å². The largest absolute Gasteiger partial charge is 0.295 e. The van der Waals surface area contributed by atoms with Crippen LogP contribution in [-0.4, -0.2) is 11.6 Å². The Morgan fingerprint density at radius 2 is 0.550 bits per heavy atom. The van der Waals surface area contributed by atoms with E-state index in [1.54, 1.807) is 0 Å². The van der Waals surface area contributed by atoms with E-state index >= 15 is 0 Å². The third kappa shape index (κ3) is 33.3. The van der Waals surface area contributed by atoms with Gasteiger partial charge < -0.3 is 0 Å². The van der Waals surface area contributed by atoms with Crippen LogP contribution < -0.4 is 0 Å². The average Bonchev–Trinajstić information content (AvgIpc) is 2.91. The molecule has 0 unspecified atom stereocenters. The summed E-state index contributed by atoms with van der Waals surface area (Å²) in [5.41, 5.74) is 0. The van der Waals surface area contributed by atoms with Gasteiger partial charge in [-0.1, -0.05) is 182 Å². The molecule has 0 aliphatic carbocycles. The molecule has 40 heavy (non-hydrogen) atoms. The summed E-state index contributed by atoms with van der Waals surface area (Å²) in [5, 5.41) is 0. The van der Waals surface area contributed by atoms with Crippen LogP contribution in [0, 0.1) is 11.8 Å². The SMILES string of the molecule is CC(C)CCCCCCCCCCCCCCC(=O)C=CC(=O)CCCCCCCCCCCCCCC(C)C. The van der Waals surface area contributed by atoms with Crippen molar-refractivity contribution in [2.24, 2.45) is 11.8 Å². The molecule has 0 atom stereocenters. The molecule has 0 fully saturated rings. The Balaban J connectivity index is 3.36. The second-order valence-corrected chi connectivity index (χ2v) is 13.6. The highest BCUT2D eigenvalue weighted by Gasteiger charge is 2.02. The van der Waals surface area contributed by atoms with Gasteiger partial charge in [-0.3, -0.25) is 9.59 Å². The molecule has 0 amide bonds. The van der Waals surface area contributed by atoms with Gasteiger partial charge in [-0.2, -0.15) is 0 Å². The number of carbonyl (C=O) groups is 2. The fraction of sp³-hybridized carbons (Fsp3) is 0.895. The topological polar surface area (TPSA) is 34.1 Å². The Labute approximate surface area is 252 Å². The molecule has 0 saturated carbocycles. The highest BCUT2D eigenvalue weighted by molar-refractivity contribution is 5.98. The van der Waals surface area contributed by atoms with E-state index in [1.165, 1.54) is 153 Å². The standard InChI is InChI=1S/C38H72O2/c1-35(2)29-25-21-17-13-9-5-7-11-15-19-23-27-31-37(39)33-34-38(40)32-28-24-20-16-12-8-6-10-14-18-22-26-30-36(3)4/h33-36H,5-32H2,1-4H3. The maximum absolute atomic E-state index is 12.1. The van der Waals surface area contributed by atoms with Crippen LogP contribution in [0.3, 0.4) is 0 Å². The number of hydrogen-bond donors (Lipinski definition) is 0. The molecule has 2 nitrogen and oxygen atoms in total. The van der Waals surface area contributed by atoms with E-state index in [0.717, 1.165) is 37.5 Å². The highest BCUT2D eigenvalue weighted by Crippen LogP contribution is 2.16. The van der Waals surface area contributed by atoms with Gasteiger partial charge in [-0.15, -0.1) is 0 Å². The lowest BCUT2D eigenvalue weighted by Crippen LogP contribution is -1.97. The Morgan fingerprint density at radius 3 is 0.775 bits per heavy atom. The molecule has 0 saturated heterocycles. The Morgan fingerprint density at radius 1 is 0.350 bits per heavy atom. The van der Waals surface area contributed by atoms with Crippen LogP contribution in [-0.2, 0) is 9.59 Å². The van der Waals surface area contributed by atoms with Crippen molar-refractivity contribution in [1.29, 1.82) is 0 Å². The van der Waals surface area contributed by atoms with Crippen molar-refractivity contribution in [2.75, 3.05) is 0 Å². The van der Waals surface area contributed by atoms with E-state index in [2.05, 4.69) is 27.7 Å². The van der Waals surface area contributed by atoms with Crippen molar-refractivity contribution in [3.63, 3.8) is 0 Å². The highest BCUT2D eigenvalue weighted by atomic mass is 16.1. The van der Waals surface area contributed by atoms with Gasteiger partial charge in [0.15, 0.2) is 11.6 Å². The number of rotatable bonds is 32. The monoisotopic (exact) mass is 561 g/mol. The van der Waals surface area contributed by atoms with Crippen LogP contribution in [0.2, 0.25) is 0 Å². The second kappa shape index (κ2) is 31.0. The zero-order valence-corrected chi connectivity index (χ0v) is 27.9. The first-order valence-corrected chi connectivity index (χ1v) is 18.2. The van der Waals surface area contributed by atoms with E-state index in [0.29, 0.717) is 12.8 Å². The van der Waals surface area contributed by atoms with E-state index < -0.39 is 0 Å². The summed E-state index contributed by atoms with van der Waals surface area (Å²) in [6.07, 6.45) is 38.6. The lowest BCUT2D eigenvalue weighted by atomic mass is 10.0. The number of unbranched alkanes of at least 4 members (excludes halogenated alkanes) is 22. The zero-order chi connectivity index (χ0) is 29.5. The molecule has 0 bridgehead atoms. The molecule has 0 aliphatic rings. The molecule has 2 heteroatoms. The van der Waals surface area contributed by atoms with Crippen LogP contribution in [0.1, 0.15) is 207 Å². The van der Waals surface area contributed by atoms with Gasteiger partial charge in [-0.25, -0.2) is 0 Å². The molecule has 0 heterocycles. The van der Waals surface area contributed by atoms with Crippen LogP contribution >= 0.6 is 0 Å². The molecule has 0 N–H and O–H groups in total. The molecule has 236 valence electrons. The minimum Gasteiger partial charge on any atom is -0.295 e. The minimum absolute atomic E-state index is 0.123. The quantitative estimate of drug-likeness (QED) is 0.0605. The molecular weight excluding hydrogens is 488 g/mol. The van der Waals surface area contributed by atoms with Crippen molar-refractivity contribution >= 4 is 11.6 Å². The fourth-order valence-corrected chi connectivity index (χ4v) is 5.59. The Hall–Kier alpha value is -0.920. The van der Waals surface area contributed by atoms with Gasteiger partial charge in [0, 0.05) is 12.8 Å². The summed E-state index contributed by atoms with van der Waals surface area (Å²) < 4.78 is 0. The number of allylic oxidation sites excluding steroid dienone is 2. The van der Waals surface area contributed by atoms with Gasteiger partial charge >= 0.3 is 0 Å². The summed E-state index contributed by atoms with van der Waals surface area (Å²) in [4.78, 5) is 24.1. The Kier molecular flexibility index (Phi) is 30.3. The molecule has 0 aliphatic heterocycles. The molecule has 0 aromatic carbocycles. The minimum atomic E-state index is 0.123. The predicted octanol–water partition coefficient (Wildman–Crippen LogP) is 12.9. The Bertz CT molecular complexity index is 524.